The molecular formula is C13H16N4O3S. The van der Waals surface area contributed by atoms with E-state index in [1.165, 1.54) is 10.6 Å². The van der Waals surface area contributed by atoms with Gasteiger partial charge in [0.25, 0.3) is 11.8 Å². The van der Waals surface area contributed by atoms with Gasteiger partial charge in [0.15, 0.2) is 0 Å². The minimum Gasteiger partial charge on any atom is -0.336 e. The maximum absolute atomic E-state index is 11.5. The number of piperazine rings is 1. The number of sulfonamides is 1. The summed E-state index contributed by atoms with van der Waals surface area (Å²) >= 11 is 0. The van der Waals surface area contributed by atoms with Gasteiger partial charge in [-0.25, -0.2) is 8.42 Å². The quantitative estimate of drug-likeness (QED) is 0.835. The maximum atomic E-state index is 11.5. The smallest absolute Gasteiger partial charge is 0.266 e. The van der Waals surface area contributed by atoms with Crippen LogP contribution in [0.4, 0.5) is 5.95 Å². The molecule has 0 aliphatic carbocycles. The standard InChI is InChI=1S/C13H16N4O3S/c1-21(18,19)17-9-7-16(8-10-17)13-14-12(20-15-13)11-5-3-2-4-6-11/h2-6H,7-10H2,1H3. The molecule has 1 aromatic heterocycles. The molecule has 0 unspecified atom stereocenters. The Morgan fingerprint density at radius 2 is 1.76 bits per heavy atom. The van der Waals surface area contributed by atoms with Crippen molar-refractivity contribution >= 4 is 16.0 Å². The molecule has 2 heterocycles. The van der Waals surface area contributed by atoms with Gasteiger partial charge in [-0.15, -0.1) is 0 Å². The molecule has 1 aliphatic heterocycles. The monoisotopic (exact) mass is 308 g/mol. The number of benzene rings is 1. The summed E-state index contributed by atoms with van der Waals surface area (Å²) < 4.78 is 29.7. The van der Waals surface area contributed by atoms with Gasteiger partial charge < -0.3 is 9.42 Å². The number of anilines is 1. The molecule has 0 atom stereocenters. The second-order valence-corrected chi connectivity index (χ2v) is 6.90. The molecule has 0 amide bonds. The number of hydrogen-bond acceptors (Lipinski definition) is 6. The number of rotatable bonds is 3. The molecule has 1 aliphatic rings. The van der Waals surface area contributed by atoms with E-state index in [0.717, 1.165) is 5.56 Å². The fourth-order valence-electron chi connectivity index (χ4n) is 2.26. The summed E-state index contributed by atoms with van der Waals surface area (Å²) in [5.41, 5.74) is 0.867. The summed E-state index contributed by atoms with van der Waals surface area (Å²) in [5.74, 6) is 0.971. The summed E-state index contributed by atoms with van der Waals surface area (Å²) in [6.45, 7) is 1.99. The van der Waals surface area contributed by atoms with Crippen LogP contribution in [0.3, 0.4) is 0 Å². The third kappa shape index (κ3) is 3.06. The Bertz CT molecular complexity index is 706. The van der Waals surface area contributed by atoms with Crippen molar-refractivity contribution < 1.29 is 12.9 Å². The lowest BCUT2D eigenvalue weighted by molar-refractivity contribution is 0.379. The van der Waals surface area contributed by atoms with Crippen LogP contribution in [0.15, 0.2) is 34.9 Å². The van der Waals surface area contributed by atoms with Crippen molar-refractivity contribution in [3.05, 3.63) is 30.3 Å². The molecule has 1 fully saturated rings. The van der Waals surface area contributed by atoms with E-state index in [4.69, 9.17) is 4.52 Å². The molecule has 112 valence electrons. The Balaban J connectivity index is 1.71. The van der Waals surface area contributed by atoms with Crippen LogP contribution in [0.25, 0.3) is 11.5 Å². The normalized spacial score (nSPS) is 17.1. The third-order valence-electron chi connectivity index (χ3n) is 3.43. The average Bonchev–Trinajstić information content (AvgIpc) is 2.97. The molecule has 2 aromatic rings. The second-order valence-electron chi connectivity index (χ2n) is 4.91. The van der Waals surface area contributed by atoms with Crippen molar-refractivity contribution in [2.45, 2.75) is 0 Å². The molecule has 21 heavy (non-hydrogen) atoms. The van der Waals surface area contributed by atoms with E-state index in [9.17, 15) is 8.42 Å². The van der Waals surface area contributed by atoms with Crippen LogP contribution in [0.2, 0.25) is 0 Å². The first-order chi connectivity index (χ1) is 10.0. The zero-order valence-electron chi connectivity index (χ0n) is 11.6. The predicted molar refractivity (Wildman–Crippen MR) is 78.4 cm³/mol. The molecule has 7 nitrogen and oxygen atoms in total. The molecule has 3 rings (SSSR count). The highest BCUT2D eigenvalue weighted by Gasteiger charge is 2.25. The lowest BCUT2D eigenvalue weighted by Crippen LogP contribution is -2.48. The van der Waals surface area contributed by atoms with E-state index >= 15 is 0 Å². The van der Waals surface area contributed by atoms with Gasteiger partial charge in [0.2, 0.25) is 10.0 Å². The molecule has 8 heteroatoms. The van der Waals surface area contributed by atoms with Crippen LogP contribution in [-0.4, -0.2) is 55.3 Å². The minimum absolute atomic E-state index is 0.439. The van der Waals surface area contributed by atoms with Crippen LogP contribution in [0, 0.1) is 0 Å². The second kappa shape index (κ2) is 5.45. The largest absolute Gasteiger partial charge is 0.336 e. The van der Waals surface area contributed by atoms with Gasteiger partial charge in [-0.2, -0.15) is 9.29 Å². The molecule has 1 aromatic carbocycles. The van der Waals surface area contributed by atoms with Crippen molar-refractivity contribution in [3.8, 4) is 11.5 Å². The first-order valence-electron chi connectivity index (χ1n) is 6.63. The zero-order chi connectivity index (χ0) is 14.9. The predicted octanol–water partition coefficient (Wildman–Crippen LogP) is 0.818. The molecule has 1 saturated heterocycles. The SMILES string of the molecule is CS(=O)(=O)N1CCN(c2noc(-c3ccccc3)n2)CC1. The maximum Gasteiger partial charge on any atom is 0.266 e. The summed E-state index contributed by atoms with van der Waals surface area (Å²) in [6, 6.07) is 9.54. The van der Waals surface area contributed by atoms with E-state index < -0.39 is 10.0 Å². The Labute approximate surface area is 123 Å². The summed E-state index contributed by atoms with van der Waals surface area (Å²) in [5, 5.41) is 3.98. The van der Waals surface area contributed by atoms with E-state index in [0.29, 0.717) is 38.0 Å². The van der Waals surface area contributed by atoms with Gasteiger partial charge in [-0.3, -0.25) is 0 Å². The first-order valence-corrected chi connectivity index (χ1v) is 8.48. The Kier molecular flexibility index (Phi) is 3.64. The minimum atomic E-state index is -3.13. The number of hydrogen-bond donors (Lipinski definition) is 0. The topological polar surface area (TPSA) is 79.5 Å². The number of nitrogens with zero attached hydrogens (tertiary/aromatic N) is 4. The highest BCUT2D eigenvalue weighted by Crippen LogP contribution is 2.20. The number of aromatic nitrogens is 2. The van der Waals surface area contributed by atoms with E-state index in [1.807, 2.05) is 35.2 Å². The van der Waals surface area contributed by atoms with Crippen molar-refractivity contribution in [3.63, 3.8) is 0 Å². The van der Waals surface area contributed by atoms with Crippen molar-refractivity contribution in [2.75, 3.05) is 37.3 Å². The molecule has 0 N–H and O–H groups in total. The van der Waals surface area contributed by atoms with Crippen molar-refractivity contribution in [1.82, 2.24) is 14.4 Å². The summed E-state index contributed by atoms with van der Waals surface area (Å²) in [7, 11) is -3.13. The molecule has 0 saturated carbocycles. The van der Waals surface area contributed by atoms with Gasteiger partial charge in [0.1, 0.15) is 0 Å². The summed E-state index contributed by atoms with van der Waals surface area (Å²) in [6.07, 6.45) is 1.23. The average molecular weight is 308 g/mol. The summed E-state index contributed by atoms with van der Waals surface area (Å²) in [4.78, 5) is 6.30. The van der Waals surface area contributed by atoms with E-state index in [1.54, 1.807) is 0 Å². The van der Waals surface area contributed by atoms with Crippen LogP contribution < -0.4 is 4.90 Å². The lowest BCUT2D eigenvalue weighted by Gasteiger charge is -2.32. The van der Waals surface area contributed by atoms with Crippen LogP contribution in [-0.2, 0) is 10.0 Å². The highest BCUT2D eigenvalue weighted by atomic mass is 32.2. The molecular weight excluding hydrogens is 292 g/mol. The van der Waals surface area contributed by atoms with Crippen LogP contribution in [0.5, 0.6) is 0 Å². The van der Waals surface area contributed by atoms with Crippen molar-refractivity contribution in [1.29, 1.82) is 0 Å². The van der Waals surface area contributed by atoms with Crippen LogP contribution in [0.1, 0.15) is 0 Å². The fourth-order valence-corrected chi connectivity index (χ4v) is 3.09. The third-order valence-corrected chi connectivity index (χ3v) is 4.73. The lowest BCUT2D eigenvalue weighted by atomic mass is 10.2. The fraction of sp³-hybridized carbons (Fsp3) is 0.385. The van der Waals surface area contributed by atoms with Gasteiger partial charge in [-0.1, -0.05) is 18.2 Å². The van der Waals surface area contributed by atoms with Crippen LogP contribution >= 0.6 is 0 Å². The van der Waals surface area contributed by atoms with E-state index in [2.05, 4.69) is 10.1 Å². The van der Waals surface area contributed by atoms with Gasteiger partial charge in [0, 0.05) is 31.7 Å². The van der Waals surface area contributed by atoms with Gasteiger partial charge >= 0.3 is 0 Å². The first kappa shape index (κ1) is 14.0. The van der Waals surface area contributed by atoms with E-state index in [-0.39, 0.29) is 0 Å². The Hall–Kier alpha value is -1.93. The molecule has 0 radical (unpaired) electrons. The van der Waals surface area contributed by atoms with Crippen molar-refractivity contribution in [2.24, 2.45) is 0 Å². The highest BCUT2D eigenvalue weighted by molar-refractivity contribution is 7.88. The Morgan fingerprint density at radius 3 is 2.38 bits per heavy atom. The Morgan fingerprint density at radius 1 is 1.10 bits per heavy atom. The molecule has 0 bridgehead atoms. The molecule has 0 spiro atoms. The zero-order valence-corrected chi connectivity index (χ0v) is 12.5. The van der Waals surface area contributed by atoms with Gasteiger partial charge in [-0.05, 0) is 17.3 Å². The van der Waals surface area contributed by atoms with Gasteiger partial charge in [0.05, 0.1) is 6.26 Å².